The van der Waals surface area contributed by atoms with Gasteiger partial charge in [0, 0.05) is 51.9 Å². The summed E-state index contributed by atoms with van der Waals surface area (Å²) in [6.07, 6.45) is 2.72. The number of benzene rings is 1. The van der Waals surface area contributed by atoms with Crippen LogP contribution in [0.5, 0.6) is 0 Å². The van der Waals surface area contributed by atoms with Crippen LogP contribution in [0.2, 0.25) is 0 Å². The molecular weight excluding hydrogens is 262 g/mol. The van der Waals surface area contributed by atoms with E-state index >= 15 is 0 Å². The van der Waals surface area contributed by atoms with Crippen LogP contribution >= 0.6 is 0 Å². The Kier molecular flexibility index (Phi) is 5.25. The average Bonchev–Trinajstić information content (AvgIpc) is 3.05. The Morgan fingerprint density at radius 2 is 1.90 bits per heavy atom. The van der Waals surface area contributed by atoms with E-state index in [2.05, 4.69) is 40.1 Å². The van der Waals surface area contributed by atoms with Crippen molar-refractivity contribution in [1.82, 2.24) is 9.80 Å². The molecule has 2 unspecified atom stereocenters. The highest BCUT2D eigenvalue weighted by molar-refractivity contribution is 5.14. The Balaban J connectivity index is 1.50. The number of nitrogens with zero attached hydrogens (tertiary/aromatic N) is 2. The molecule has 2 N–H and O–H groups in total. The molecule has 0 saturated carbocycles. The topological polar surface area (TPSA) is 41.7 Å². The number of nitrogens with two attached hydrogens (primary N) is 1. The number of hydrogen-bond donors (Lipinski definition) is 1. The summed E-state index contributed by atoms with van der Waals surface area (Å²) >= 11 is 0. The van der Waals surface area contributed by atoms with Gasteiger partial charge in [-0.15, -0.1) is 0 Å². The van der Waals surface area contributed by atoms with Crippen molar-refractivity contribution in [2.75, 3.05) is 39.3 Å². The number of piperazine rings is 1. The molecule has 4 heteroatoms. The molecule has 0 aliphatic carbocycles. The highest BCUT2D eigenvalue weighted by atomic mass is 16.5. The van der Waals surface area contributed by atoms with Crippen molar-refractivity contribution in [3.05, 3.63) is 35.9 Å². The van der Waals surface area contributed by atoms with Crippen LogP contribution in [0.4, 0.5) is 0 Å². The molecule has 0 spiro atoms. The van der Waals surface area contributed by atoms with Crippen LogP contribution < -0.4 is 5.73 Å². The van der Waals surface area contributed by atoms with E-state index in [1.54, 1.807) is 0 Å². The first-order valence-electron chi connectivity index (χ1n) is 8.19. The van der Waals surface area contributed by atoms with Gasteiger partial charge in [0.25, 0.3) is 0 Å². The average molecular weight is 289 g/mol. The lowest BCUT2D eigenvalue weighted by molar-refractivity contribution is 0.00465. The zero-order valence-corrected chi connectivity index (χ0v) is 12.8. The lowest BCUT2D eigenvalue weighted by atomic mass is 10.1. The summed E-state index contributed by atoms with van der Waals surface area (Å²) in [5.74, 6) is 0. The van der Waals surface area contributed by atoms with E-state index in [0.29, 0.717) is 18.7 Å². The van der Waals surface area contributed by atoms with E-state index in [1.807, 2.05) is 0 Å². The Labute approximate surface area is 127 Å². The Hall–Kier alpha value is -0.940. The lowest BCUT2D eigenvalue weighted by Crippen LogP contribution is -2.55. The summed E-state index contributed by atoms with van der Waals surface area (Å²) in [5.41, 5.74) is 7.41. The van der Waals surface area contributed by atoms with Crippen molar-refractivity contribution in [3.63, 3.8) is 0 Å². The van der Waals surface area contributed by atoms with Crippen molar-refractivity contribution in [3.8, 4) is 0 Å². The van der Waals surface area contributed by atoms with Crippen LogP contribution in [0.3, 0.4) is 0 Å². The molecule has 0 amide bonds. The molecule has 2 saturated heterocycles. The van der Waals surface area contributed by atoms with Gasteiger partial charge in [0.05, 0.1) is 6.10 Å². The number of hydrogen-bond acceptors (Lipinski definition) is 4. The first-order valence-corrected chi connectivity index (χ1v) is 8.19. The van der Waals surface area contributed by atoms with Gasteiger partial charge in [-0.1, -0.05) is 30.3 Å². The second-order valence-electron chi connectivity index (χ2n) is 6.15. The standard InChI is InChI=1S/C17H27N3O/c18-13-16(17-7-4-12-21-17)20-10-8-19(9-11-20)14-15-5-2-1-3-6-15/h1-3,5-6,16-17H,4,7-14,18H2. The molecule has 116 valence electrons. The second kappa shape index (κ2) is 7.36. The van der Waals surface area contributed by atoms with Gasteiger partial charge >= 0.3 is 0 Å². The molecule has 1 aromatic carbocycles. The monoisotopic (exact) mass is 289 g/mol. The molecule has 1 aromatic rings. The maximum Gasteiger partial charge on any atom is 0.0743 e. The van der Waals surface area contributed by atoms with Gasteiger partial charge in [-0.2, -0.15) is 0 Å². The summed E-state index contributed by atoms with van der Waals surface area (Å²) in [6.45, 7) is 7.14. The molecule has 2 aliphatic heterocycles. The highest BCUT2D eigenvalue weighted by Crippen LogP contribution is 2.20. The summed E-state index contributed by atoms with van der Waals surface area (Å²) in [4.78, 5) is 5.08. The summed E-state index contributed by atoms with van der Waals surface area (Å²) in [5, 5.41) is 0. The zero-order chi connectivity index (χ0) is 14.5. The molecule has 2 heterocycles. The van der Waals surface area contributed by atoms with E-state index in [-0.39, 0.29) is 0 Å². The van der Waals surface area contributed by atoms with Crippen LogP contribution in [0.25, 0.3) is 0 Å². The number of ether oxygens (including phenoxy) is 1. The van der Waals surface area contributed by atoms with Crippen molar-refractivity contribution >= 4 is 0 Å². The number of rotatable bonds is 5. The maximum atomic E-state index is 6.01. The van der Waals surface area contributed by atoms with Gasteiger partial charge in [-0.05, 0) is 18.4 Å². The van der Waals surface area contributed by atoms with E-state index in [9.17, 15) is 0 Å². The minimum Gasteiger partial charge on any atom is -0.377 e. The molecular formula is C17H27N3O. The fourth-order valence-electron chi connectivity index (χ4n) is 3.54. The van der Waals surface area contributed by atoms with Crippen LogP contribution in [0, 0.1) is 0 Å². The second-order valence-corrected chi connectivity index (χ2v) is 6.15. The molecule has 0 aromatic heterocycles. The van der Waals surface area contributed by atoms with E-state index in [0.717, 1.165) is 39.3 Å². The van der Waals surface area contributed by atoms with Gasteiger partial charge in [-0.3, -0.25) is 9.80 Å². The summed E-state index contributed by atoms with van der Waals surface area (Å²) in [6, 6.07) is 11.1. The molecule has 2 fully saturated rings. The van der Waals surface area contributed by atoms with Crippen molar-refractivity contribution in [2.24, 2.45) is 5.73 Å². The third-order valence-electron chi connectivity index (χ3n) is 4.76. The van der Waals surface area contributed by atoms with Crippen LogP contribution in [-0.4, -0.2) is 61.3 Å². The maximum absolute atomic E-state index is 6.01. The first-order chi connectivity index (χ1) is 10.4. The zero-order valence-electron chi connectivity index (χ0n) is 12.8. The predicted octanol–water partition coefficient (Wildman–Crippen LogP) is 1.31. The molecule has 21 heavy (non-hydrogen) atoms. The molecule has 0 bridgehead atoms. The van der Waals surface area contributed by atoms with Crippen LogP contribution in [0.15, 0.2) is 30.3 Å². The summed E-state index contributed by atoms with van der Waals surface area (Å²) < 4.78 is 5.85. The molecule has 2 atom stereocenters. The van der Waals surface area contributed by atoms with Gasteiger partial charge in [0.2, 0.25) is 0 Å². The van der Waals surface area contributed by atoms with Crippen molar-refractivity contribution in [2.45, 2.75) is 31.5 Å². The van der Waals surface area contributed by atoms with Crippen LogP contribution in [-0.2, 0) is 11.3 Å². The Morgan fingerprint density at radius 1 is 1.14 bits per heavy atom. The SMILES string of the molecule is NCC(C1CCCO1)N1CCN(Cc2ccccc2)CC1. The van der Waals surface area contributed by atoms with Crippen molar-refractivity contribution in [1.29, 1.82) is 0 Å². The smallest absolute Gasteiger partial charge is 0.0743 e. The van der Waals surface area contributed by atoms with Gasteiger partial charge in [0.15, 0.2) is 0 Å². The minimum absolute atomic E-state index is 0.357. The Bertz CT molecular complexity index is 411. The van der Waals surface area contributed by atoms with Gasteiger partial charge < -0.3 is 10.5 Å². The predicted molar refractivity (Wildman–Crippen MR) is 85.1 cm³/mol. The molecule has 2 aliphatic rings. The lowest BCUT2D eigenvalue weighted by Gasteiger charge is -2.40. The first kappa shape index (κ1) is 15.0. The fourth-order valence-corrected chi connectivity index (χ4v) is 3.54. The fraction of sp³-hybridized carbons (Fsp3) is 0.647. The highest BCUT2D eigenvalue weighted by Gasteiger charge is 2.31. The third kappa shape index (κ3) is 3.83. The Morgan fingerprint density at radius 3 is 2.52 bits per heavy atom. The third-order valence-corrected chi connectivity index (χ3v) is 4.76. The quantitative estimate of drug-likeness (QED) is 0.887. The van der Waals surface area contributed by atoms with Crippen LogP contribution in [0.1, 0.15) is 18.4 Å². The normalized spacial score (nSPS) is 26.0. The van der Waals surface area contributed by atoms with E-state index < -0.39 is 0 Å². The van der Waals surface area contributed by atoms with E-state index in [4.69, 9.17) is 10.5 Å². The van der Waals surface area contributed by atoms with Gasteiger partial charge in [-0.25, -0.2) is 0 Å². The van der Waals surface area contributed by atoms with E-state index in [1.165, 1.54) is 18.4 Å². The molecule has 0 radical (unpaired) electrons. The van der Waals surface area contributed by atoms with Crippen molar-refractivity contribution < 1.29 is 4.74 Å². The minimum atomic E-state index is 0.357. The molecule has 3 rings (SSSR count). The molecule has 4 nitrogen and oxygen atoms in total. The largest absolute Gasteiger partial charge is 0.377 e. The summed E-state index contributed by atoms with van der Waals surface area (Å²) in [7, 11) is 0. The van der Waals surface area contributed by atoms with Gasteiger partial charge in [0.1, 0.15) is 0 Å².